The molecule has 0 aliphatic heterocycles. The van der Waals surface area contributed by atoms with Crippen molar-refractivity contribution in [3.63, 3.8) is 0 Å². The van der Waals surface area contributed by atoms with Gasteiger partial charge in [0.2, 0.25) is 5.91 Å². The third-order valence-electron chi connectivity index (χ3n) is 3.24. The van der Waals surface area contributed by atoms with E-state index in [0.717, 1.165) is 29.4 Å². The Morgan fingerprint density at radius 3 is 2.55 bits per heavy atom. The summed E-state index contributed by atoms with van der Waals surface area (Å²) < 4.78 is 5.12. The van der Waals surface area contributed by atoms with Gasteiger partial charge < -0.3 is 15.8 Å². The van der Waals surface area contributed by atoms with Crippen LogP contribution in [0.3, 0.4) is 0 Å². The van der Waals surface area contributed by atoms with Gasteiger partial charge in [-0.25, -0.2) is 0 Å². The summed E-state index contributed by atoms with van der Waals surface area (Å²) in [7, 11) is 1.65. The molecule has 1 rings (SSSR count). The van der Waals surface area contributed by atoms with Crippen molar-refractivity contribution in [1.82, 2.24) is 5.32 Å². The van der Waals surface area contributed by atoms with Gasteiger partial charge in [0, 0.05) is 10.6 Å². The van der Waals surface area contributed by atoms with Crippen LogP contribution in [-0.2, 0) is 4.79 Å². The molecule has 1 atom stereocenters. The fourth-order valence-corrected chi connectivity index (χ4v) is 2.82. The van der Waals surface area contributed by atoms with Crippen molar-refractivity contribution >= 4 is 17.7 Å². The Hall–Kier alpha value is -1.20. The van der Waals surface area contributed by atoms with E-state index in [1.807, 2.05) is 31.2 Å². The number of ether oxygens (including phenoxy) is 1. The number of carbonyl (C=O) groups is 1. The summed E-state index contributed by atoms with van der Waals surface area (Å²) in [6, 6.07) is 7.91. The van der Waals surface area contributed by atoms with Crippen molar-refractivity contribution in [1.29, 1.82) is 0 Å². The van der Waals surface area contributed by atoms with Gasteiger partial charge in [-0.3, -0.25) is 4.79 Å². The van der Waals surface area contributed by atoms with E-state index < -0.39 is 5.54 Å². The number of hydrogen-bond donors (Lipinski definition) is 2. The van der Waals surface area contributed by atoms with Crippen LogP contribution in [0.15, 0.2) is 29.2 Å². The SMILES string of the molecule is CCCNC(C)(CCSc1ccc(OC)cc1)C(N)=O. The maximum atomic E-state index is 11.6. The number of benzene rings is 1. The zero-order chi connectivity index (χ0) is 15.0. The molecule has 0 radical (unpaired) electrons. The number of nitrogens with two attached hydrogens (primary N) is 1. The van der Waals surface area contributed by atoms with E-state index in [1.165, 1.54) is 0 Å². The van der Waals surface area contributed by atoms with E-state index in [1.54, 1.807) is 18.9 Å². The molecule has 1 aromatic carbocycles. The molecule has 112 valence electrons. The molecule has 0 aliphatic rings. The number of methoxy groups -OCH3 is 1. The fourth-order valence-electron chi connectivity index (χ4n) is 1.74. The molecule has 0 bridgehead atoms. The molecule has 1 aromatic rings. The summed E-state index contributed by atoms with van der Waals surface area (Å²) >= 11 is 1.71. The van der Waals surface area contributed by atoms with Gasteiger partial charge >= 0.3 is 0 Å². The Bertz CT molecular complexity index is 422. The Labute approximate surface area is 125 Å². The van der Waals surface area contributed by atoms with E-state index in [4.69, 9.17) is 10.5 Å². The minimum Gasteiger partial charge on any atom is -0.497 e. The molecule has 0 saturated carbocycles. The molecule has 3 N–H and O–H groups in total. The highest BCUT2D eigenvalue weighted by Gasteiger charge is 2.29. The molecule has 0 heterocycles. The summed E-state index contributed by atoms with van der Waals surface area (Å²) in [5, 5.41) is 3.24. The molecule has 0 aliphatic carbocycles. The van der Waals surface area contributed by atoms with E-state index in [-0.39, 0.29) is 5.91 Å². The molecule has 0 saturated heterocycles. The number of primary amides is 1. The summed E-state index contributed by atoms with van der Waals surface area (Å²) in [5.41, 5.74) is 4.87. The Balaban J connectivity index is 2.49. The third kappa shape index (κ3) is 5.06. The maximum absolute atomic E-state index is 11.6. The van der Waals surface area contributed by atoms with Crippen LogP contribution in [0, 0.1) is 0 Å². The van der Waals surface area contributed by atoms with Gasteiger partial charge in [0.25, 0.3) is 0 Å². The van der Waals surface area contributed by atoms with Crippen LogP contribution in [0.2, 0.25) is 0 Å². The number of nitrogens with one attached hydrogen (secondary N) is 1. The molecule has 20 heavy (non-hydrogen) atoms. The molecule has 0 fully saturated rings. The summed E-state index contributed by atoms with van der Waals surface area (Å²) in [4.78, 5) is 12.7. The lowest BCUT2D eigenvalue weighted by atomic mass is 9.98. The normalized spacial score (nSPS) is 13.8. The van der Waals surface area contributed by atoms with Crippen LogP contribution in [0.1, 0.15) is 26.7 Å². The minimum atomic E-state index is -0.629. The summed E-state index contributed by atoms with van der Waals surface area (Å²) in [6.45, 7) is 4.74. The quantitative estimate of drug-likeness (QED) is 0.687. The first kappa shape index (κ1) is 16.9. The number of carbonyl (C=O) groups excluding carboxylic acids is 1. The van der Waals surface area contributed by atoms with Gasteiger partial charge in [0.15, 0.2) is 0 Å². The lowest BCUT2D eigenvalue weighted by Crippen LogP contribution is -2.53. The third-order valence-corrected chi connectivity index (χ3v) is 4.25. The van der Waals surface area contributed by atoms with Gasteiger partial charge in [0.05, 0.1) is 12.6 Å². The van der Waals surface area contributed by atoms with Crippen molar-refractivity contribution in [2.75, 3.05) is 19.4 Å². The number of thioether (sulfide) groups is 1. The Kier molecular flexibility index (Phi) is 6.88. The van der Waals surface area contributed by atoms with Crippen molar-refractivity contribution < 1.29 is 9.53 Å². The van der Waals surface area contributed by atoms with E-state index in [9.17, 15) is 4.79 Å². The molecule has 4 nitrogen and oxygen atoms in total. The average Bonchev–Trinajstić information content (AvgIpc) is 2.45. The van der Waals surface area contributed by atoms with Gasteiger partial charge in [0.1, 0.15) is 5.75 Å². The van der Waals surface area contributed by atoms with E-state index in [0.29, 0.717) is 6.42 Å². The van der Waals surface area contributed by atoms with Crippen LogP contribution >= 0.6 is 11.8 Å². The highest BCUT2D eigenvalue weighted by Crippen LogP contribution is 2.24. The Morgan fingerprint density at radius 1 is 1.40 bits per heavy atom. The van der Waals surface area contributed by atoms with Gasteiger partial charge in [-0.1, -0.05) is 6.92 Å². The zero-order valence-corrected chi connectivity index (χ0v) is 13.3. The monoisotopic (exact) mass is 296 g/mol. The number of hydrogen-bond acceptors (Lipinski definition) is 4. The smallest absolute Gasteiger partial charge is 0.237 e. The van der Waals surface area contributed by atoms with Crippen LogP contribution in [0.5, 0.6) is 5.75 Å². The molecule has 0 aromatic heterocycles. The zero-order valence-electron chi connectivity index (χ0n) is 12.4. The predicted molar refractivity (Wildman–Crippen MR) is 84.2 cm³/mol. The first-order chi connectivity index (χ1) is 9.51. The molecule has 1 amide bonds. The second-order valence-corrected chi connectivity index (χ2v) is 6.07. The standard InChI is InChI=1S/C15H24N2O2S/c1-4-10-17-15(2,14(16)18)9-11-20-13-7-5-12(19-3)6-8-13/h5-8,17H,4,9-11H2,1-3H3,(H2,16,18). The lowest BCUT2D eigenvalue weighted by Gasteiger charge is -2.27. The predicted octanol–water partition coefficient (Wildman–Crippen LogP) is 2.42. The average molecular weight is 296 g/mol. The van der Waals surface area contributed by atoms with Crippen molar-refractivity contribution in [2.24, 2.45) is 5.73 Å². The largest absolute Gasteiger partial charge is 0.497 e. The number of rotatable bonds is 9. The number of amides is 1. The second kappa shape index (κ2) is 8.17. The van der Waals surface area contributed by atoms with Crippen LogP contribution in [0.25, 0.3) is 0 Å². The highest BCUT2D eigenvalue weighted by atomic mass is 32.2. The lowest BCUT2D eigenvalue weighted by molar-refractivity contribution is -0.123. The first-order valence-corrected chi connectivity index (χ1v) is 7.82. The molecule has 1 unspecified atom stereocenters. The second-order valence-electron chi connectivity index (χ2n) is 4.90. The first-order valence-electron chi connectivity index (χ1n) is 6.83. The van der Waals surface area contributed by atoms with Crippen molar-refractivity contribution in [3.05, 3.63) is 24.3 Å². The van der Waals surface area contributed by atoms with Crippen LogP contribution in [0.4, 0.5) is 0 Å². The van der Waals surface area contributed by atoms with Crippen LogP contribution in [-0.4, -0.2) is 30.9 Å². The molecular formula is C15H24N2O2S. The van der Waals surface area contributed by atoms with Crippen molar-refractivity contribution in [2.45, 2.75) is 37.1 Å². The van der Waals surface area contributed by atoms with E-state index >= 15 is 0 Å². The fraction of sp³-hybridized carbons (Fsp3) is 0.533. The Morgan fingerprint density at radius 2 is 2.05 bits per heavy atom. The minimum absolute atomic E-state index is 0.290. The molecule has 5 heteroatoms. The summed E-state index contributed by atoms with van der Waals surface area (Å²) in [5.74, 6) is 1.39. The van der Waals surface area contributed by atoms with Gasteiger partial charge in [-0.05, 0) is 50.6 Å². The topological polar surface area (TPSA) is 64.3 Å². The molecular weight excluding hydrogens is 272 g/mol. The molecule has 0 spiro atoms. The maximum Gasteiger partial charge on any atom is 0.237 e. The summed E-state index contributed by atoms with van der Waals surface area (Å²) in [6.07, 6.45) is 1.69. The van der Waals surface area contributed by atoms with Crippen LogP contribution < -0.4 is 15.8 Å². The highest BCUT2D eigenvalue weighted by molar-refractivity contribution is 7.99. The van der Waals surface area contributed by atoms with Crippen molar-refractivity contribution in [3.8, 4) is 5.75 Å². The van der Waals surface area contributed by atoms with Gasteiger partial charge in [-0.2, -0.15) is 0 Å². The van der Waals surface area contributed by atoms with Gasteiger partial charge in [-0.15, -0.1) is 11.8 Å². The van der Waals surface area contributed by atoms with E-state index in [2.05, 4.69) is 12.2 Å².